The minimum atomic E-state index is -0.402. The number of ether oxygens (including phenoxy) is 3. The second kappa shape index (κ2) is 12.2. The first-order valence-corrected chi connectivity index (χ1v) is 12.5. The molecule has 0 spiro atoms. The van der Waals surface area contributed by atoms with Crippen molar-refractivity contribution in [1.82, 2.24) is 20.1 Å². The number of nitrogens with one attached hydrogen (secondary N) is 1. The molecule has 4 bridgehead atoms. The van der Waals surface area contributed by atoms with E-state index >= 15 is 0 Å². The fourth-order valence-electron chi connectivity index (χ4n) is 4.46. The van der Waals surface area contributed by atoms with Crippen LogP contribution in [0.4, 0.5) is 0 Å². The van der Waals surface area contributed by atoms with Crippen LogP contribution < -0.4 is 10.1 Å². The Morgan fingerprint density at radius 3 is 2.81 bits per heavy atom. The molecule has 2 aromatic rings. The van der Waals surface area contributed by atoms with Crippen molar-refractivity contribution in [2.45, 2.75) is 39.0 Å². The number of methoxy groups -OCH3 is 1. The van der Waals surface area contributed by atoms with Crippen LogP contribution in [0.25, 0.3) is 0 Å². The highest BCUT2D eigenvalue weighted by Gasteiger charge is 2.37. The van der Waals surface area contributed by atoms with Crippen LogP contribution in [0.1, 0.15) is 36.2 Å². The Morgan fingerprint density at radius 2 is 2.03 bits per heavy atom. The third-order valence-electron chi connectivity index (χ3n) is 6.29. The lowest BCUT2D eigenvalue weighted by Gasteiger charge is -2.25. The number of nitrogens with zero attached hydrogens (tertiary/aromatic N) is 3. The van der Waals surface area contributed by atoms with Crippen molar-refractivity contribution < 1.29 is 28.6 Å². The number of benzene rings is 1. The van der Waals surface area contributed by atoms with Gasteiger partial charge in [-0.25, -0.2) is 0 Å². The van der Waals surface area contributed by atoms with Crippen LogP contribution >= 0.6 is 0 Å². The van der Waals surface area contributed by atoms with Crippen LogP contribution in [-0.4, -0.2) is 84.5 Å². The fourth-order valence-corrected chi connectivity index (χ4v) is 4.46. The number of amides is 3. The molecule has 198 valence electrons. The number of fused-ring (bicyclic) bond motifs is 5. The summed E-state index contributed by atoms with van der Waals surface area (Å²) in [7, 11) is 1.54. The van der Waals surface area contributed by atoms with Gasteiger partial charge in [-0.15, -0.1) is 0 Å². The molecular weight excluding hydrogens is 476 g/mol. The third-order valence-corrected chi connectivity index (χ3v) is 6.29. The van der Waals surface area contributed by atoms with E-state index in [9.17, 15) is 14.4 Å². The molecule has 1 aromatic carbocycles. The Kier molecular flexibility index (Phi) is 8.73. The quantitative estimate of drug-likeness (QED) is 0.657. The van der Waals surface area contributed by atoms with Gasteiger partial charge in [0.2, 0.25) is 11.8 Å². The fraction of sp³-hybridized carbons (Fsp3) is 0.481. The van der Waals surface area contributed by atoms with Crippen LogP contribution in [0, 0.1) is 5.92 Å². The molecule has 3 amide bonds. The molecular formula is C27H34N4O6. The van der Waals surface area contributed by atoms with E-state index in [0.717, 1.165) is 5.56 Å². The SMILES string of the molecule is COCCN1CC(=O)N[C@H]2CN(C(=O)CC(C)C)C[C@@H]2OCc2cccc(c2)Oc2cncc(c2)C1=O. The van der Waals surface area contributed by atoms with Crippen molar-refractivity contribution in [3.63, 3.8) is 0 Å². The topological polar surface area (TPSA) is 110 Å². The second-order valence-corrected chi connectivity index (χ2v) is 9.80. The summed E-state index contributed by atoms with van der Waals surface area (Å²) in [5, 5.41) is 3.01. The molecule has 0 unspecified atom stereocenters. The third kappa shape index (κ3) is 7.05. The van der Waals surface area contributed by atoms with Gasteiger partial charge in [0.15, 0.2) is 0 Å². The van der Waals surface area contributed by atoms with Gasteiger partial charge in [-0.3, -0.25) is 19.4 Å². The predicted molar refractivity (Wildman–Crippen MR) is 135 cm³/mol. The number of rotatable bonds is 5. The first kappa shape index (κ1) is 26.6. The lowest BCUT2D eigenvalue weighted by Crippen LogP contribution is -2.49. The molecule has 0 aliphatic carbocycles. The van der Waals surface area contributed by atoms with Gasteiger partial charge in [-0.1, -0.05) is 26.0 Å². The van der Waals surface area contributed by atoms with Crippen molar-refractivity contribution in [3.05, 3.63) is 53.9 Å². The molecule has 10 heteroatoms. The summed E-state index contributed by atoms with van der Waals surface area (Å²) in [5.41, 5.74) is 1.18. The van der Waals surface area contributed by atoms with E-state index in [1.54, 1.807) is 11.0 Å². The van der Waals surface area contributed by atoms with Crippen LogP contribution in [0.5, 0.6) is 11.5 Å². The van der Waals surface area contributed by atoms with Crippen LogP contribution in [0.3, 0.4) is 0 Å². The maximum atomic E-state index is 13.3. The summed E-state index contributed by atoms with van der Waals surface area (Å²) < 4.78 is 17.4. The molecule has 2 aliphatic heterocycles. The summed E-state index contributed by atoms with van der Waals surface area (Å²) in [5.74, 6) is 0.550. The van der Waals surface area contributed by atoms with E-state index in [-0.39, 0.29) is 49.9 Å². The van der Waals surface area contributed by atoms with Crippen molar-refractivity contribution >= 4 is 17.7 Å². The summed E-state index contributed by atoms with van der Waals surface area (Å²) >= 11 is 0. The monoisotopic (exact) mass is 510 g/mol. The summed E-state index contributed by atoms with van der Waals surface area (Å²) in [6, 6.07) is 8.66. The van der Waals surface area contributed by atoms with Gasteiger partial charge >= 0.3 is 0 Å². The van der Waals surface area contributed by atoms with Gasteiger partial charge in [0, 0.05) is 39.4 Å². The molecule has 10 nitrogen and oxygen atoms in total. The number of carbonyl (C=O) groups is 3. The number of aromatic nitrogens is 1. The number of hydrogen-bond donors (Lipinski definition) is 1. The molecule has 1 fully saturated rings. The molecule has 2 atom stereocenters. The van der Waals surface area contributed by atoms with Gasteiger partial charge in [0.1, 0.15) is 11.5 Å². The number of likely N-dealkylation sites (tertiary alicyclic amines) is 1. The Labute approximate surface area is 216 Å². The molecule has 1 saturated heterocycles. The van der Waals surface area contributed by atoms with Gasteiger partial charge < -0.3 is 29.3 Å². The molecule has 0 saturated carbocycles. The van der Waals surface area contributed by atoms with E-state index in [1.807, 2.05) is 38.1 Å². The Hall–Kier alpha value is -3.50. The Bertz CT molecular complexity index is 1120. The van der Waals surface area contributed by atoms with Crippen molar-refractivity contribution in [2.24, 2.45) is 5.92 Å². The summed E-state index contributed by atoms with van der Waals surface area (Å²) in [6.07, 6.45) is 3.02. The normalized spacial score (nSPS) is 20.4. The smallest absolute Gasteiger partial charge is 0.256 e. The number of hydrogen-bond acceptors (Lipinski definition) is 7. The van der Waals surface area contributed by atoms with Gasteiger partial charge in [-0.2, -0.15) is 0 Å². The lowest BCUT2D eigenvalue weighted by molar-refractivity contribution is -0.131. The largest absolute Gasteiger partial charge is 0.456 e. The minimum Gasteiger partial charge on any atom is -0.456 e. The molecule has 2 aliphatic rings. The summed E-state index contributed by atoms with van der Waals surface area (Å²) in [6.45, 7) is 5.34. The first-order chi connectivity index (χ1) is 17.8. The van der Waals surface area contributed by atoms with E-state index in [4.69, 9.17) is 14.2 Å². The summed E-state index contributed by atoms with van der Waals surface area (Å²) in [4.78, 5) is 46.5. The molecule has 4 rings (SSSR count). The zero-order chi connectivity index (χ0) is 26.4. The average Bonchev–Trinajstić information content (AvgIpc) is 3.27. The standard InChI is InChI=1S/C27H34N4O6/c1-18(2)9-26(33)31-14-23-24(15-31)36-17-19-5-4-6-21(10-19)37-22-11-20(12-28-13-22)27(34)30(7-8-35-3)16-25(32)29-23/h4-6,10-13,18,23-24H,7-9,14-17H2,1-3H3,(H,29,32)/t23-,24-/m0/s1. The van der Waals surface area contributed by atoms with Crippen LogP contribution in [0.2, 0.25) is 0 Å². The second-order valence-electron chi connectivity index (χ2n) is 9.80. The Morgan fingerprint density at radius 1 is 1.19 bits per heavy atom. The van der Waals surface area contributed by atoms with Crippen LogP contribution in [-0.2, 0) is 25.7 Å². The Balaban J connectivity index is 1.63. The van der Waals surface area contributed by atoms with E-state index in [0.29, 0.717) is 36.6 Å². The number of carbonyl (C=O) groups excluding carboxylic acids is 3. The van der Waals surface area contributed by atoms with Crippen LogP contribution in [0.15, 0.2) is 42.7 Å². The molecule has 3 heterocycles. The van der Waals surface area contributed by atoms with Gasteiger partial charge in [0.25, 0.3) is 5.91 Å². The first-order valence-electron chi connectivity index (χ1n) is 12.5. The van der Waals surface area contributed by atoms with Crippen molar-refractivity contribution in [3.8, 4) is 11.5 Å². The maximum Gasteiger partial charge on any atom is 0.256 e. The highest BCUT2D eigenvalue weighted by atomic mass is 16.5. The average molecular weight is 511 g/mol. The van der Waals surface area contributed by atoms with Crippen molar-refractivity contribution in [2.75, 3.05) is 39.9 Å². The predicted octanol–water partition coefficient (Wildman–Crippen LogP) is 2.23. The van der Waals surface area contributed by atoms with Gasteiger partial charge in [0.05, 0.1) is 43.7 Å². The van der Waals surface area contributed by atoms with Gasteiger partial charge in [-0.05, 0) is 29.7 Å². The van der Waals surface area contributed by atoms with E-state index < -0.39 is 12.1 Å². The molecule has 1 aromatic heterocycles. The van der Waals surface area contributed by atoms with E-state index in [1.165, 1.54) is 24.4 Å². The molecule has 37 heavy (non-hydrogen) atoms. The highest BCUT2D eigenvalue weighted by Crippen LogP contribution is 2.25. The molecule has 1 N–H and O–H groups in total. The van der Waals surface area contributed by atoms with Crippen molar-refractivity contribution in [1.29, 1.82) is 0 Å². The molecule has 0 radical (unpaired) electrons. The lowest BCUT2D eigenvalue weighted by atomic mass is 10.1. The zero-order valence-electron chi connectivity index (χ0n) is 21.5. The minimum absolute atomic E-state index is 0.0327. The highest BCUT2D eigenvalue weighted by molar-refractivity contribution is 5.96. The zero-order valence-corrected chi connectivity index (χ0v) is 21.5. The van der Waals surface area contributed by atoms with E-state index in [2.05, 4.69) is 10.3 Å². The number of pyridine rings is 1. The maximum absolute atomic E-state index is 13.3.